The van der Waals surface area contributed by atoms with Crippen molar-refractivity contribution in [3.63, 3.8) is 0 Å². The highest BCUT2D eigenvalue weighted by Gasteiger charge is 2.45. The lowest BCUT2D eigenvalue weighted by molar-refractivity contribution is -0.116. The molecule has 1 aliphatic rings. The van der Waals surface area contributed by atoms with Crippen molar-refractivity contribution >= 4 is 28.5 Å². The summed E-state index contributed by atoms with van der Waals surface area (Å²) in [5.74, 6) is 0.0369. The van der Waals surface area contributed by atoms with E-state index >= 15 is 0 Å². The van der Waals surface area contributed by atoms with Gasteiger partial charge < -0.3 is 13.6 Å². The van der Waals surface area contributed by atoms with Crippen LogP contribution in [0.4, 0.5) is 4.79 Å². The molecule has 0 aromatic heterocycles. The quantitative estimate of drug-likeness (QED) is 0.189. The van der Waals surface area contributed by atoms with Gasteiger partial charge in [-0.05, 0) is 68.4 Å². The summed E-state index contributed by atoms with van der Waals surface area (Å²) < 4.78 is 19.0. The van der Waals surface area contributed by atoms with Crippen LogP contribution in [0.25, 0.3) is 0 Å². The molecular weight excluding hydrogens is 498 g/mol. The maximum atomic E-state index is 13.4. The van der Waals surface area contributed by atoms with E-state index in [1.807, 2.05) is 20.8 Å². The summed E-state index contributed by atoms with van der Waals surface area (Å²) in [5, 5.41) is 0.0397. The molecule has 0 fully saturated rings. The van der Waals surface area contributed by atoms with Gasteiger partial charge in [0.05, 0.1) is 12.6 Å². The fourth-order valence-electron chi connectivity index (χ4n) is 5.30. The summed E-state index contributed by atoms with van der Waals surface area (Å²) >= 11 is 0. The predicted octanol–water partition coefficient (Wildman–Crippen LogP) is 8.44. The first-order valence-corrected chi connectivity index (χ1v) is 19.2. The van der Waals surface area contributed by atoms with Crippen LogP contribution in [0.15, 0.2) is 11.8 Å². The molecule has 0 aromatic rings. The first-order valence-electron chi connectivity index (χ1n) is 14.2. The van der Waals surface area contributed by atoms with E-state index in [1.54, 1.807) is 11.0 Å². The molecule has 1 atom stereocenters. The van der Waals surface area contributed by atoms with E-state index in [1.165, 1.54) is 0 Å². The Bertz CT molecular complexity index is 784. The van der Waals surface area contributed by atoms with Crippen LogP contribution in [0.3, 0.4) is 0 Å². The Balaban J connectivity index is 3.13. The molecule has 0 aliphatic carbocycles. The summed E-state index contributed by atoms with van der Waals surface area (Å²) in [5.41, 5.74) is 1.62. The second-order valence-electron chi connectivity index (χ2n) is 14.2. The normalized spacial score (nSPS) is 18.2. The molecular formula is C29H57NO5Si2. The molecule has 37 heavy (non-hydrogen) atoms. The average Bonchev–Trinajstić information content (AvgIpc) is 2.68. The fraction of sp³-hybridized carbons (Fsp3) is 0.862. The lowest BCUT2D eigenvalue weighted by atomic mass is 10.0. The standard InChI is InChI=1S/C29H57NO5Si2/c1-21(2)37(22(3)4,23(5)6)33-17-15-16-24-18-26(31)19-25(20-34-36(13,14)29(10,11)12)30(24)27(32)35-28(7,8)9/h18,21-23,25H,15-17,19-20H2,1-14H3/t25-/m1/s1. The number of allylic oxidation sites excluding steroid dienone is 2. The molecule has 0 bridgehead atoms. The number of carbonyl (C=O) groups excluding carboxylic acids is 2. The van der Waals surface area contributed by atoms with Crippen LogP contribution in [0.1, 0.15) is 102 Å². The zero-order valence-corrected chi connectivity index (χ0v) is 28.4. The Kier molecular flexibility index (Phi) is 11.9. The minimum atomic E-state index is -2.05. The third-order valence-corrected chi connectivity index (χ3v) is 18.7. The second kappa shape index (κ2) is 12.9. The number of nitrogens with zero attached hydrogens (tertiary/aromatic N) is 1. The van der Waals surface area contributed by atoms with Gasteiger partial charge >= 0.3 is 6.09 Å². The highest BCUT2D eigenvalue weighted by molar-refractivity contribution is 6.77. The van der Waals surface area contributed by atoms with Gasteiger partial charge in [-0.3, -0.25) is 9.69 Å². The fourth-order valence-corrected chi connectivity index (χ4v) is 11.8. The largest absolute Gasteiger partial charge is 0.443 e. The van der Waals surface area contributed by atoms with Crippen molar-refractivity contribution in [3.8, 4) is 0 Å². The molecule has 0 saturated heterocycles. The molecule has 1 amide bonds. The molecule has 1 aliphatic heterocycles. The summed E-state index contributed by atoms with van der Waals surface area (Å²) in [4.78, 5) is 27.9. The van der Waals surface area contributed by atoms with Gasteiger partial charge in [-0.25, -0.2) is 4.79 Å². The van der Waals surface area contributed by atoms with Gasteiger partial charge in [0.1, 0.15) is 5.60 Å². The van der Waals surface area contributed by atoms with Crippen LogP contribution in [-0.4, -0.2) is 58.3 Å². The van der Waals surface area contributed by atoms with Gasteiger partial charge in [0, 0.05) is 24.8 Å². The number of hydrogen-bond acceptors (Lipinski definition) is 5. The monoisotopic (exact) mass is 555 g/mol. The van der Waals surface area contributed by atoms with E-state index < -0.39 is 28.3 Å². The van der Waals surface area contributed by atoms with Crippen molar-refractivity contribution < 1.29 is 23.2 Å². The van der Waals surface area contributed by atoms with Gasteiger partial charge in [-0.2, -0.15) is 0 Å². The molecule has 1 heterocycles. The molecule has 0 spiro atoms. The number of ketones is 1. The van der Waals surface area contributed by atoms with Crippen molar-refractivity contribution in [1.82, 2.24) is 4.90 Å². The van der Waals surface area contributed by atoms with Crippen LogP contribution < -0.4 is 0 Å². The minimum absolute atomic E-state index is 0.0369. The van der Waals surface area contributed by atoms with Gasteiger partial charge in [0.25, 0.3) is 0 Å². The van der Waals surface area contributed by atoms with Crippen LogP contribution in [0, 0.1) is 0 Å². The lowest BCUT2D eigenvalue weighted by Crippen LogP contribution is -2.51. The maximum absolute atomic E-state index is 13.4. The Morgan fingerprint density at radius 3 is 1.92 bits per heavy atom. The minimum Gasteiger partial charge on any atom is -0.443 e. The molecule has 1 rings (SSSR count). The van der Waals surface area contributed by atoms with Gasteiger partial charge in [-0.1, -0.05) is 62.3 Å². The third kappa shape index (κ3) is 9.04. The number of hydrogen-bond donors (Lipinski definition) is 0. The lowest BCUT2D eigenvalue weighted by Gasteiger charge is -2.42. The zero-order valence-electron chi connectivity index (χ0n) is 26.4. The van der Waals surface area contributed by atoms with E-state index in [4.69, 9.17) is 13.6 Å². The Morgan fingerprint density at radius 1 is 0.973 bits per heavy atom. The molecule has 0 radical (unpaired) electrons. The number of carbonyl (C=O) groups is 2. The van der Waals surface area contributed by atoms with Crippen molar-refractivity contribution in [2.75, 3.05) is 13.2 Å². The summed E-state index contributed by atoms with van der Waals surface area (Å²) in [7, 11) is -4.02. The van der Waals surface area contributed by atoms with Crippen molar-refractivity contribution in [1.29, 1.82) is 0 Å². The SMILES string of the molecule is CC(C)[Si](OCCCC1=CC(=O)C[C@H](CO[Si](C)(C)C(C)(C)C)N1C(=O)OC(C)(C)C)(C(C)C)C(C)C. The average molecular weight is 556 g/mol. The van der Waals surface area contributed by atoms with Crippen molar-refractivity contribution in [2.24, 2.45) is 0 Å². The number of amides is 1. The second-order valence-corrected chi connectivity index (χ2v) is 24.4. The van der Waals surface area contributed by atoms with E-state index in [2.05, 4.69) is 75.4 Å². The highest BCUT2D eigenvalue weighted by atomic mass is 28.4. The first kappa shape index (κ1) is 34.1. The van der Waals surface area contributed by atoms with Crippen LogP contribution in [0.2, 0.25) is 34.8 Å². The highest BCUT2D eigenvalue weighted by Crippen LogP contribution is 2.42. The van der Waals surface area contributed by atoms with Crippen LogP contribution in [0.5, 0.6) is 0 Å². The predicted molar refractivity (Wildman–Crippen MR) is 159 cm³/mol. The van der Waals surface area contributed by atoms with Gasteiger partial charge in [0.2, 0.25) is 0 Å². The Labute approximate surface area is 230 Å². The molecule has 0 N–H and O–H groups in total. The topological polar surface area (TPSA) is 65.1 Å². The van der Waals surface area contributed by atoms with E-state index in [0.29, 0.717) is 42.0 Å². The van der Waals surface area contributed by atoms with E-state index in [9.17, 15) is 9.59 Å². The molecule has 0 unspecified atom stereocenters. The molecule has 216 valence electrons. The van der Waals surface area contributed by atoms with Gasteiger partial charge in [0.15, 0.2) is 22.4 Å². The van der Waals surface area contributed by atoms with Crippen molar-refractivity contribution in [3.05, 3.63) is 11.8 Å². The van der Waals surface area contributed by atoms with E-state index in [0.717, 1.165) is 6.42 Å². The summed E-state index contributed by atoms with van der Waals surface area (Å²) in [6.07, 6.45) is 2.80. The first-order chi connectivity index (χ1) is 16.7. The van der Waals surface area contributed by atoms with Crippen LogP contribution >= 0.6 is 0 Å². The molecule has 0 aromatic carbocycles. The maximum Gasteiger partial charge on any atom is 0.414 e. The number of rotatable bonds is 11. The summed E-state index contributed by atoms with van der Waals surface area (Å²) in [6, 6.07) is -0.368. The summed E-state index contributed by atoms with van der Waals surface area (Å²) in [6.45, 7) is 31.2. The van der Waals surface area contributed by atoms with E-state index in [-0.39, 0.29) is 23.3 Å². The van der Waals surface area contributed by atoms with Crippen LogP contribution in [-0.2, 0) is 18.4 Å². The third-order valence-electron chi connectivity index (χ3n) is 8.11. The zero-order chi connectivity index (χ0) is 29.0. The Morgan fingerprint density at radius 2 is 1.49 bits per heavy atom. The molecule has 0 saturated carbocycles. The van der Waals surface area contributed by atoms with Crippen molar-refractivity contribution in [2.45, 2.75) is 149 Å². The smallest absolute Gasteiger partial charge is 0.414 e. The molecule has 6 nitrogen and oxygen atoms in total. The Hall–Kier alpha value is -0.966. The molecule has 8 heteroatoms. The van der Waals surface area contributed by atoms with Gasteiger partial charge in [-0.15, -0.1) is 0 Å². The number of ether oxygens (including phenoxy) is 1.